The zero-order valence-electron chi connectivity index (χ0n) is 15.0. The molecule has 24 heavy (non-hydrogen) atoms. The Balaban J connectivity index is 1.74. The van der Waals surface area contributed by atoms with Crippen molar-refractivity contribution >= 4 is 11.9 Å². The molecular formula is C20H29NO3. The van der Waals surface area contributed by atoms with E-state index in [1.807, 2.05) is 0 Å². The maximum absolute atomic E-state index is 12.2. The van der Waals surface area contributed by atoms with Crippen LogP contribution in [0.4, 0.5) is 0 Å². The highest BCUT2D eigenvalue weighted by atomic mass is 16.4. The number of rotatable bonds is 5. The van der Waals surface area contributed by atoms with Crippen molar-refractivity contribution in [2.75, 3.05) is 6.54 Å². The van der Waals surface area contributed by atoms with Gasteiger partial charge in [0.25, 0.3) is 0 Å². The van der Waals surface area contributed by atoms with E-state index in [4.69, 9.17) is 5.11 Å². The van der Waals surface area contributed by atoms with E-state index in [0.29, 0.717) is 32.2 Å². The first-order valence-corrected chi connectivity index (χ1v) is 8.87. The van der Waals surface area contributed by atoms with E-state index >= 15 is 0 Å². The molecule has 4 heteroatoms. The average molecular weight is 331 g/mol. The number of aliphatic carboxylic acids is 1. The van der Waals surface area contributed by atoms with Gasteiger partial charge in [0.15, 0.2) is 0 Å². The summed E-state index contributed by atoms with van der Waals surface area (Å²) in [6, 6.07) is 8.57. The van der Waals surface area contributed by atoms with Crippen molar-refractivity contribution in [2.24, 2.45) is 11.8 Å². The van der Waals surface area contributed by atoms with Crippen molar-refractivity contribution in [1.82, 2.24) is 5.32 Å². The quantitative estimate of drug-likeness (QED) is 0.867. The largest absolute Gasteiger partial charge is 0.481 e. The number of amides is 1. The van der Waals surface area contributed by atoms with Gasteiger partial charge < -0.3 is 10.4 Å². The van der Waals surface area contributed by atoms with Crippen LogP contribution in [0.5, 0.6) is 0 Å². The van der Waals surface area contributed by atoms with Crippen LogP contribution in [0.3, 0.4) is 0 Å². The van der Waals surface area contributed by atoms with E-state index in [0.717, 1.165) is 6.42 Å². The minimum Gasteiger partial charge on any atom is -0.481 e. The molecule has 1 aromatic carbocycles. The first-order valence-electron chi connectivity index (χ1n) is 8.87. The summed E-state index contributed by atoms with van der Waals surface area (Å²) in [5.41, 5.74) is 2.69. The molecule has 1 aliphatic rings. The number of carboxylic acid groups (broad SMARTS) is 1. The fourth-order valence-electron chi connectivity index (χ4n) is 3.25. The van der Waals surface area contributed by atoms with Crippen LogP contribution in [-0.4, -0.2) is 23.5 Å². The summed E-state index contributed by atoms with van der Waals surface area (Å²) >= 11 is 0. The summed E-state index contributed by atoms with van der Waals surface area (Å²) in [6.45, 7) is 7.22. The molecule has 0 aromatic heterocycles. The fourth-order valence-corrected chi connectivity index (χ4v) is 3.25. The summed E-state index contributed by atoms with van der Waals surface area (Å²) < 4.78 is 0. The van der Waals surface area contributed by atoms with Gasteiger partial charge in [-0.2, -0.15) is 0 Å². The maximum atomic E-state index is 12.2. The van der Waals surface area contributed by atoms with Crippen LogP contribution in [0.1, 0.15) is 57.6 Å². The van der Waals surface area contributed by atoms with E-state index < -0.39 is 5.97 Å². The van der Waals surface area contributed by atoms with E-state index in [9.17, 15) is 9.59 Å². The minimum atomic E-state index is -0.729. The number of carbonyl (C=O) groups excluding carboxylic acids is 1. The van der Waals surface area contributed by atoms with Gasteiger partial charge in [-0.25, -0.2) is 0 Å². The fraction of sp³-hybridized carbons (Fsp3) is 0.600. The van der Waals surface area contributed by atoms with Crippen molar-refractivity contribution in [1.29, 1.82) is 0 Å². The van der Waals surface area contributed by atoms with E-state index in [2.05, 4.69) is 50.4 Å². The Labute approximate surface area is 144 Å². The number of nitrogens with one attached hydrogen (secondary N) is 1. The van der Waals surface area contributed by atoms with Crippen LogP contribution in [0.2, 0.25) is 0 Å². The summed E-state index contributed by atoms with van der Waals surface area (Å²) in [5.74, 6) is -0.947. The van der Waals surface area contributed by atoms with E-state index in [-0.39, 0.29) is 23.2 Å². The van der Waals surface area contributed by atoms with Gasteiger partial charge in [-0.05, 0) is 48.6 Å². The van der Waals surface area contributed by atoms with Gasteiger partial charge in [0, 0.05) is 12.5 Å². The molecule has 0 radical (unpaired) electrons. The third-order valence-electron chi connectivity index (χ3n) is 4.98. The van der Waals surface area contributed by atoms with E-state index in [1.165, 1.54) is 11.1 Å². The van der Waals surface area contributed by atoms with Gasteiger partial charge in [-0.3, -0.25) is 9.59 Å². The van der Waals surface area contributed by atoms with E-state index in [1.54, 1.807) is 0 Å². The molecule has 4 nitrogen and oxygen atoms in total. The second-order valence-electron chi connectivity index (χ2n) is 7.87. The number of carboxylic acids is 1. The lowest BCUT2D eigenvalue weighted by Crippen LogP contribution is -2.35. The molecule has 2 rings (SSSR count). The Kier molecular flexibility index (Phi) is 6.03. The Morgan fingerprint density at radius 3 is 2.08 bits per heavy atom. The zero-order chi connectivity index (χ0) is 17.7. The molecule has 1 amide bonds. The molecule has 0 saturated heterocycles. The molecule has 1 saturated carbocycles. The van der Waals surface area contributed by atoms with Gasteiger partial charge >= 0.3 is 5.97 Å². The highest BCUT2D eigenvalue weighted by molar-refractivity contribution is 5.79. The number of benzene rings is 1. The summed E-state index contributed by atoms with van der Waals surface area (Å²) in [4.78, 5) is 23.1. The Morgan fingerprint density at radius 2 is 1.58 bits per heavy atom. The molecule has 1 aromatic rings. The minimum absolute atomic E-state index is 0.0242. The summed E-state index contributed by atoms with van der Waals surface area (Å²) in [5, 5.41) is 12.0. The van der Waals surface area contributed by atoms with Crippen LogP contribution in [0.25, 0.3) is 0 Å². The molecule has 0 bridgehead atoms. The van der Waals surface area contributed by atoms with Crippen LogP contribution in [0.15, 0.2) is 24.3 Å². The molecule has 0 unspecified atom stereocenters. The molecule has 0 spiro atoms. The normalized spacial score (nSPS) is 21.3. The topological polar surface area (TPSA) is 66.4 Å². The second-order valence-corrected chi connectivity index (χ2v) is 7.87. The maximum Gasteiger partial charge on any atom is 0.306 e. The Morgan fingerprint density at radius 1 is 1.04 bits per heavy atom. The van der Waals surface area contributed by atoms with Crippen LogP contribution < -0.4 is 5.32 Å². The third kappa shape index (κ3) is 5.08. The van der Waals surface area contributed by atoms with Gasteiger partial charge in [0.1, 0.15) is 0 Å². The van der Waals surface area contributed by atoms with Crippen LogP contribution >= 0.6 is 0 Å². The Hall–Kier alpha value is -1.84. The van der Waals surface area contributed by atoms with Crippen molar-refractivity contribution in [3.63, 3.8) is 0 Å². The van der Waals surface area contributed by atoms with Gasteiger partial charge in [0.2, 0.25) is 5.91 Å². The molecule has 2 N–H and O–H groups in total. The van der Waals surface area contributed by atoms with Crippen LogP contribution in [-0.2, 0) is 21.4 Å². The molecule has 1 aliphatic carbocycles. The molecule has 0 aliphatic heterocycles. The monoisotopic (exact) mass is 331 g/mol. The van der Waals surface area contributed by atoms with Crippen molar-refractivity contribution in [3.8, 4) is 0 Å². The Bertz CT molecular complexity index is 564. The lowest BCUT2D eigenvalue weighted by molar-refractivity contribution is -0.144. The van der Waals surface area contributed by atoms with Crippen LogP contribution in [0, 0.1) is 11.8 Å². The predicted octanol–water partition coefficient (Wildman–Crippen LogP) is 3.53. The molecular weight excluding hydrogens is 302 g/mol. The predicted molar refractivity (Wildman–Crippen MR) is 94.9 cm³/mol. The number of carbonyl (C=O) groups is 2. The van der Waals surface area contributed by atoms with Gasteiger partial charge in [0.05, 0.1) is 5.92 Å². The number of hydrogen-bond donors (Lipinski definition) is 2. The highest BCUT2D eigenvalue weighted by Crippen LogP contribution is 2.29. The molecule has 0 atom stereocenters. The first-order chi connectivity index (χ1) is 11.3. The van der Waals surface area contributed by atoms with Crippen molar-refractivity contribution in [3.05, 3.63) is 35.4 Å². The van der Waals surface area contributed by atoms with Gasteiger partial charge in [-0.15, -0.1) is 0 Å². The first kappa shape index (κ1) is 18.5. The second kappa shape index (κ2) is 7.82. The standard InChI is InChI=1S/C20H29NO3/c1-20(2,3)17-10-4-14(5-11-17)12-13-21-18(22)15-6-8-16(9-7-15)19(23)24/h4-5,10-11,15-16H,6-9,12-13H2,1-3H3,(H,21,22)(H,23,24). The molecule has 1 fully saturated rings. The lowest BCUT2D eigenvalue weighted by Gasteiger charge is -2.25. The average Bonchev–Trinajstić information content (AvgIpc) is 2.54. The number of hydrogen-bond acceptors (Lipinski definition) is 2. The summed E-state index contributed by atoms with van der Waals surface area (Å²) in [7, 11) is 0. The molecule has 0 heterocycles. The van der Waals surface area contributed by atoms with Crippen molar-refractivity contribution in [2.45, 2.75) is 58.3 Å². The smallest absolute Gasteiger partial charge is 0.306 e. The third-order valence-corrected chi connectivity index (χ3v) is 4.98. The molecule has 132 valence electrons. The summed E-state index contributed by atoms with van der Waals surface area (Å²) in [6.07, 6.45) is 3.41. The lowest BCUT2D eigenvalue weighted by atomic mass is 9.81. The van der Waals surface area contributed by atoms with Gasteiger partial charge in [-0.1, -0.05) is 45.0 Å². The SMILES string of the molecule is CC(C)(C)c1ccc(CCNC(=O)C2CCC(C(=O)O)CC2)cc1. The van der Waals surface area contributed by atoms with Crippen molar-refractivity contribution < 1.29 is 14.7 Å². The zero-order valence-corrected chi connectivity index (χ0v) is 15.0. The highest BCUT2D eigenvalue weighted by Gasteiger charge is 2.29.